The molecule has 0 aliphatic carbocycles. The molecule has 0 N–H and O–H groups in total. The van der Waals surface area contributed by atoms with Gasteiger partial charge in [-0.1, -0.05) is 60.7 Å². The van der Waals surface area contributed by atoms with E-state index >= 15 is 0 Å². The summed E-state index contributed by atoms with van der Waals surface area (Å²) in [6, 6.07) is 19.7. The second kappa shape index (κ2) is 7.87. The van der Waals surface area contributed by atoms with Crippen LogP contribution >= 0.6 is 0 Å². The number of aryl methyl sites for hydroxylation is 1. The summed E-state index contributed by atoms with van der Waals surface area (Å²) in [7, 11) is -1.84. The van der Waals surface area contributed by atoms with Crippen LogP contribution in [0.3, 0.4) is 0 Å². The third-order valence-corrected chi connectivity index (χ3v) is 6.94. The molecule has 0 spiro atoms. The first-order valence-electron chi connectivity index (χ1n) is 9.39. The second-order valence-corrected chi connectivity index (χ2v) is 8.95. The van der Waals surface area contributed by atoms with Crippen molar-refractivity contribution >= 4 is 10.0 Å². The van der Waals surface area contributed by atoms with Crippen LogP contribution in [0.2, 0.25) is 0 Å². The van der Waals surface area contributed by atoms with E-state index in [9.17, 15) is 8.42 Å². The number of benzene rings is 2. The van der Waals surface area contributed by atoms with Gasteiger partial charge in [0.25, 0.3) is 0 Å². The van der Waals surface area contributed by atoms with Crippen LogP contribution < -0.4 is 0 Å². The molecule has 0 bridgehead atoms. The van der Waals surface area contributed by atoms with Crippen molar-refractivity contribution < 1.29 is 8.42 Å². The molecule has 1 aliphatic rings. The molecular formula is C21H24N4O2S. The van der Waals surface area contributed by atoms with Crippen molar-refractivity contribution in [2.75, 3.05) is 26.2 Å². The van der Waals surface area contributed by atoms with Gasteiger partial charge in [0.05, 0.1) is 0 Å². The van der Waals surface area contributed by atoms with E-state index < -0.39 is 10.0 Å². The fourth-order valence-corrected chi connectivity index (χ4v) is 5.17. The van der Waals surface area contributed by atoms with Gasteiger partial charge in [0.1, 0.15) is 10.6 Å². The average molecular weight is 397 g/mol. The number of rotatable bonds is 5. The molecule has 1 aromatic heterocycles. The summed E-state index contributed by atoms with van der Waals surface area (Å²) in [5, 5.41) is 4.41. The molecule has 0 saturated carbocycles. The highest BCUT2D eigenvalue weighted by Gasteiger charge is 2.32. The molecule has 28 heavy (non-hydrogen) atoms. The first kappa shape index (κ1) is 18.9. The van der Waals surface area contributed by atoms with Crippen molar-refractivity contribution in [3.63, 3.8) is 0 Å². The van der Waals surface area contributed by atoms with Gasteiger partial charge in [-0.15, -0.1) is 0 Å². The minimum absolute atomic E-state index is 0.276. The molecular weight excluding hydrogens is 372 g/mol. The zero-order valence-electron chi connectivity index (χ0n) is 15.9. The molecule has 0 amide bonds. The first-order valence-corrected chi connectivity index (χ1v) is 10.8. The van der Waals surface area contributed by atoms with E-state index in [0.29, 0.717) is 18.8 Å². The first-order chi connectivity index (χ1) is 13.5. The molecule has 1 saturated heterocycles. The predicted octanol–water partition coefficient (Wildman–Crippen LogP) is 2.59. The molecule has 1 fully saturated rings. The minimum atomic E-state index is -3.59. The lowest BCUT2D eigenvalue weighted by Gasteiger charge is -2.33. The quantitative estimate of drug-likeness (QED) is 0.665. The standard InChI is InChI=1S/C21H24N4O2S/c1-23-17-20(21(22-23)19-10-6-3-7-11-19)28(26,27)25-14-12-24(13-15-25)16-18-8-4-2-5-9-18/h2-11,17H,12-16H2,1H3. The van der Waals surface area contributed by atoms with E-state index in [1.54, 1.807) is 22.2 Å². The van der Waals surface area contributed by atoms with E-state index in [-0.39, 0.29) is 4.90 Å². The Bertz CT molecular complexity index is 1020. The monoisotopic (exact) mass is 396 g/mol. The number of hydrogen-bond donors (Lipinski definition) is 0. The van der Waals surface area contributed by atoms with Gasteiger partial charge in [0.15, 0.2) is 0 Å². The highest BCUT2D eigenvalue weighted by Crippen LogP contribution is 2.28. The Kier molecular flexibility index (Phi) is 5.30. The highest BCUT2D eigenvalue weighted by atomic mass is 32.2. The number of sulfonamides is 1. The van der Waals surface area contributed by atoms with Crippen LogP contribution in [-0.4, -0.2) is 53.6 Å². The number of hydrogen-bond acceptors (Lipinski definition) is 4. The molecule has 2 aromatic carbocycles. The summed E-state index contributed by atoms with van der Waals surface area (Å²) in [6.45, 7) is 3.25. The van der Waals surface area contributed by atoms with Crippen molar-refractivity contribution in [3.8, 4) is 11.3 Å². The predicted molar refractivity (Wildman–Crippen MR) is 109 cm³/mol. The van der Waals surface area contributed by atoms with E-state index in [1.165, 1.54) is 5.56 Å². The molecule has 7 heteroatoms. The Morgan fingerprint density at radius 2 is 1.50 bits per heavy atom. The van der Waals surface area contributed by atoms with E-state index in [4.69, 9.17) is 0 Å². The van der Waals surface area contributed by atoms with Gasteiger partial charge in [-0.05, 0) is 5.56 Å². The van der Waals surface area contributed by atoms with Gasteiger partial charge in [0, 0.05) is 51.5 Å². The fourth-order valence-electron chi connectivity index (χ4n) is 3.56. The van der Waals surface area contributed by atoms with Crippen LogP contribution in [0.4, 0.5) is 0 Å². The summed E-state index contributed by atoms with van der Waals surface area (Å²) < 4.78 is 29.8. The Labute approximate surface area is 166 Å². The smallest absolute Gasteiger partial charge is 0.246 e. The van der Waals surface area contributed by atoms with Gasteiger partial charge < -0.3 is 0 Å². The highest BCUT2D eigenvalue weighted by molar-refractivity contribution is 7.89. The molecule has 146 valence electrons. The van der Waals surface area contributed by atoms with Crippen molar-refractivity contribution in [2.45, 2.75) is 11.4 Å². The third-order valence-electron chi connectivity index (χ3n) is 5.04. The van der Waals surface area contributed by atoms with Crippen molar-refractivity contribution in [1.82, 2.24) is 19.0 Å². The van der Waals surface area contributed by atoms with Crippen LogP contribution in [-0.2, 0) is 23.6 Å². The Morgan fingerprint density at radius 3 is 2.14 bits per heavy atom. The summed E-state index contributed by atoms with van der Waals surface area (Å²) in [5.41, 5.74) is 2.57. The minimum Gasteiger partial charge on any atom is -0.296 e. The van der Waals surface area contributed by atoms with Crippen LogP contribution in [0, 0.1) is 0 Å². The summed E-state index contributed by atoms with van der Waals surface area (Å²) in [5.74, 6) is 0. The van der Waals surface area contributed by atoms with Crippen LogP contribution in [0.1, 0.15) is 5.56 Å². The van der Waals surface area contributed by atoms with Gasteiger partial charge in [-0.2, -0.15) is 9.40 Å². The number of aromatic nitrogens is 2. The van der Waals surface area contributed by atoms with Crippen molar-refractivity contribution in [1.29, 1.82) is 0 Å². The van der Waals surface area contributed by atoms with E-state index in [2.05, 4.69) is 22.1 Å². The summed E-state index contributed by atoms with van der Waals surface area (Å²) in [6.07, 6.45) is 1.61. The zero-order chi connectivity index (χ0) is 19.6. The van der Waals surface area contributed by atoms with Crippen LogP contribution in [0.15, 0.2) is 71.8 Å². The van der Waals surface area contributed by atoms with Crippen LogP contribution in [0.5, 0.6) is 0 Å². The fraction of sp³-hybridized carbons (Fsp3) is 0.286. The zero-order valence-corrected chi connectivity index (χ0v) is 16.7. The van der Waals surface area contributed by atoms with Gasteiger partial charge in [-0.25, -0.2) is 8.42 Å². The molecule has 1 aliphatic heterocycles. The van der Waals surface area contributed by atoms with Crippen molar-refractivity contribution in [3.05, 3.63) is 72.4 Å². The number of piperazine rings is 1. The SMILES string of the molecule is Cn1cc(S(=O)(=O)N2CCN(Cc3ccccc3)CC2)c(-c2ccccc2)n1. The lowest BCUT2D eigenvalue weighted by atomic mass is 10.2. The maximum atomic E-state index is 13.3. The second-order valence-electron chi connectivity index (χ2n) is 7.05. The molecule has 2 heterocycles. The Balaban J connectivity index is 1.51. The maximum absolute atomic E-state index is 13.3. The molecule has 0 unspecified atom stereocenters. The normalized spacial score (nSPS) is 16.3. The lowest BCUT2D eigenvalue weighted by Crippen LogP contribution is -2.48. The summed E-state index contributed by atoms with van der Waals surface area (Å²) in [4.78, 5) is 2.57. The van der Waals surface area contributed by atoms with E-state index in [1.807, 2.05) is 48.5 Å². The van der Waals surface area contributed by atoms with E-state index in [0.717, 1.165) is 25.2 Å². The average Bonchev–Trinajstić information content (AvgIpc) is 3.13. The van der Waals surface area contributed by atoms with Crippen molar-refractivity contribution in [2.24, 2.45) is 7.05 Å². The summed E-state index contributed by atoms with van der Waals surface area (Å²) >= 11 is 0. The maximum Gasteiger partial charge on any atom is 0.246 e. The largest absolute Gasteiger partial charge is 0.296 e. The molecule has 0 atom stereocenters. The molecule has 0 radical (unpaired) electrons. The van der Waals surface area contributed by atoms with Gasteiger partial charge in [0.2, 0.25) is 10.0 Å². The van der Waals surface area contributed by atoms with Gasteiger partial charge >= 0.3 is 0 Å². The molecule has 3 aromatic rings. The topological polar surface area (TPSA) is 58.4 Å². The van der Waals surface area contributed by atoms with Gasteiger partial charge in [-0.3, -0.25) is 9.58 Å². The Hall–Kier alpha value is -2.48. The lowest BCUT2D eigenvalue weighted by molar-refractivity contribution is 0.181. The molecule has 4 rings (SSSR count). The third kappa shape index (κ3) is 3.87. The number of nitrogens with zero attached hydrogens (tertiary/aromatic N) is 4. The Morgan fingerprint density at radius 1 is 0.893 bits per heavy atom. The van der Waals surface area contributed by atoms with Crippen LogP contribution in [0.25, 0.3) is 11.3 Å². The molecule has 6 nitrogen and oxygen atoms in total.